The zero-order chi connectivity index (χ0) is 11.8. The second-order valence-corrected chi connectivity index (χ2v) is 3.84. The quantitative estimate of drug-likeness (QED) is 0.626. The van der Waals surface area contributed by atoms with Gasteiger partial charge in [-0.2, -0.15) is 5.10 Å². The minimum Gasteiger partial charge on any atom is -0.269 e. The maximum absolute atomic E-state index is 11.9. The van der Waals surface area contributed by atoms with E-state index in [1.54, 1.807) is 29.2 Å². The molecule has 3 heterocycles. The van der Waals surface area contributed by atoms with Crippen LogP contribution in [0.1, 0.15) is 5.56 Å². The summed E-state index contributed by atoms with van der Waals surface area (Å²) in [5.41, 5.74) is 1.53. The molecule has 0 aromatic carbocycles. The van der Waals surface area contributed by atoms with Gasteiger partial charge in [0.25, 0.3) is 5.56 Å². The van der Waals surface area contributed by atoms with Crippen LogP contribution in [0.2, 0.25) is 0 Å². The van der Waals surface area contributed by atoms with Crippen LogP contribution in [0, 0.1) is 6.92 Å². The Balaban J connectivity index is 2.29. The summed E-state index contributed by atoms with van der Waals surface area (Å²) in [5, 5.41) is 4.14. The largest absolute Gasteiger partial charge is 0.269 e. The van der Waals surface area contributed by atoms with Crippen molar-refractivity contribution in [3.05, 3.63) is 58.8 Å². The second kappa shape index (κ2) is 3.55. The van der Waals surface area contributed by atoms with Crippen molar-refractivity contribution in [2.45, 2.75) is 6.92 Å². The van der Waals surface area contributed by atoms with Gasteiger partial charge in [0.1, 0.15) is 5.65 Å². The van der Waals surface area contributed by atoms with Crippen LogP contribution in [0.15, 0.2) is 47.7 Å². The Bertz CT molecular complexity index is 741. The summed E-state index contributed by atoms with van der Waals surface area (Å²) < 4.78 is 3.10. The average molecular weight is 226 g/mol. The molecular weight excluding hydrogens is 216 g/mol. The molecule has 0 fully saturated rings. The van der Waals surface area contributed by atoms with Crippen LogP contribution >= 0.6 is 0 Å². The molecule has 0 atom stereocenters. The summed E-state index contributed by atoms with van der Waals surface area (Å²) >= 11 is 0. The van der Waals surface area contributed by atoms with Crippen molar-refractivity contribution in [1.82, 2.24) is 19.2 Å². The molecule has 0 aliphatic rings. The van der Waals surface area contributed by atoms with E-state index in [-0.39, 0.29) is 5.56 Å². The van der Waals surface area contributed by atoms with E-state index >= 15 is 0 Å². The molecule has 0 unspecified atom stereocenters. The summed E-state index contributed by atoms with van der Waals surface area (Å²) in [6.45, 7) is 1.94. The van der Waals surface area contributed by atoms with E-state index in [0.717, 1.165) is 5.56 Å². The van der Waals surface area contributed by atoms with E-state index in [1.807, 2.05) is 19.2 Å². The SMILES string of the molecule is Cc1cnn(-c2cc(=O)n3ccccc3n2)c1. The maximum Gasteiger partial charge on any atom is 0.260 e. The molecule has 0 N–H and O–H groups in total. The van der Waals surface area contributed by atoms with Crippen molar-refractivity contribution < 1.29 is 0 Å². The summed E-state index contributed by atoms with van der Waals surface area (Å²) in [6.07, 6.45) is 5.26. The summed E-state index contributed by atoms with van der Waals surface area (Å²) in [6, 6.07) is 6.91. The monoisotopic (exact) mass is 226 g/mol. The van der Waals surface area contributed by atoms with Crippen LogP contribution in [0.25, 0.3) is 11.5 Å². The molecule has 0 spiro atoms. The van der Waals surface area contributed by atoms with E-state index in [2.05, 4.69) is 10.1 Å². The van der Waals surface area contributed by atoms with Crippen LogP contribution in [0.3, 0.4) is 0 Å². The minimum atomic E-state index is -0.112. The van der Waals surface area contributed by atoms with Gasteiger partial charge in [0.15, 0.2) is 5.82 Å². The molecule has 3 rings (SSSR count). The normalized spacial score (nSPS) is 10.9. The molecule has 84 valence electrons. The van der Waals surface area contributed by atoms with Gasteiger partial charge in [0, 0.05) is 18.5 Å². The third-order valence-electron chi connectivity index (χ3n) is 2.50. The van der Waals surface area contributed by atoms with Gasteiger partial charge in [-0.15, -0.1) is 0 Å². The van der Waals surface area contributed by atoms with Crippen molar-refractivity contribution in [2.75, 3.05) is 0 Å². The predicted molar refractivity (Wildman–Crippen MR) is 63.3 cm³/mol. The van der Waals surface area contributed by atoms with Crippen molar-refractivity contribution in [3.8, 4) is 5.82 Å². The molecule has 17 heavy (non-hydrogen) atoms. The number of pyridine rings is 1. The Morgan fingerprint density at radius 1 is 1.29 bits per heavy atom. The van der Waals surface area contributed by atoms with Crippen LogP contribution in [-0.4, -0.2) is 19.2 Å². The minimum absolute atomic E-state index is 0.112. The Labute approximate surface area is 97.0 Å². The van der Waals surface area contributed by atoms with Gasteiger partial charge in [0.05, 0.1) is 6.20 Å². The Morgan fingerprint density at radius 2 is 2.18 bits per heavy atom. The maximum atomic E-state index is 11.9. The average Bonchev–Trinajstić information content (AvgIpc) is 2.76. The fraction of sp³-hybridized carbons (Fsp3) is 0.0833. The number of hydrogen-bond acceptors (Lipinski definition) is 3. The lowest BCUT2D eigenvalue weighted by molar-refractivity contribution is 0.836. The summed E-state index contributed by atoms with van der Waals surface area (Å²) in [5.74, 6) is 0.536. The van der Waals surface area contributed by atoms with Gasteiger partial charge in [-0.1, -0.05) is 6.07 Å². The summed E-state index contributed by atoms with van der Waals surface area (Å²) in [7, 11) is 0. The lowest BCUT2D eigenvalue weighted by Gasteiger charge is -2.03. The second-order valence-electron chi connectivity index (χ2n) is 3.84. The van der Waals surface area contributed by atoms with Crippen LogP contribution in [0.5, 0.6) is 0 Å². The molecule has 0 amide bonds. The van der Waals surface area contributed by atoms with Gasteiger partial charge in [0.2, 0.25) is 0 Å². The van der Waals surface area contributed by atoms with E-state index in [9.17, 15) is 4.79 Å². The zero-order valence-electron chi connectivity index (χ0n) is 9.24. The zero-order valence-corrected chi connectivity index (χ0v) is 9.24. The highest BCUT2D eigenvalue weighted by atomic mass is 16.1. The highest BCUT2D eigenvalue weighted by Crippen LogP contribution is 2.04. The number of fused-ring (bicyclic) bond motifs is 1. The van der Waals surface area contributed by atoms with Crippen molar-refractivity contribution in [3.63, 3.8) is 0 Å². The molecular formula is C12H10N4O. The number of nitrogens with zero attached hydrogens (tertiary/aromatic N) is 4. The van der Waals surface area contributed by atoms with Gasteiger partial charge in [-0.25, -0.2) is 9.67 Å². The molecule has 5 nitrogen and oxygen atoms in total. The molecule has 5 heteroatoms. The fourth-order valence-corrected chi connectivity index (χ4v) is 1.70. The van der Waals surface area contributed by atoms with Gasteiger partial charge < -0.3 is 0 Å². The molecule has 0 bridgehead atoms. The lowest BCUT2D eigenvalue weighted by atomic mass is 10.4. The number of aromatic nitrogens is 4. The molecule has 0 saturated heterocycles. The van der Waals surface area contributed by atoms with Crippen LogP contribution < -0.4 is 5.56 Å². The first-order chi connectivity index (χ1) is 8.24. The van der Waals surface area contributed by atoms with E-state index in [1.165, 1.54) is 10.5 Å². The third-order valence-corrected chi connectivity index (χ3v) is 2.50. The molecule has 3 aromatic rings. The van der Waals surface area contributed by atoms with Crippen molar-refractivity contribution >= 4 is 5.65 Å². The Kier molecular flexibility index (Phi) is 2.04. The predicted octanol–water partition coefficient (Wildman–Crippen LogP) is 1.19. The van der Waals surface area contributed by atoms with Crippen LogP contribution in [-0.2, 0) is 0 Å². The first kappa shape index (κ1) is 9.77. The fourth-order valence-electron chi connectivity index (χ4n) is 1.70. The number of hydrogen-bond donors (Lipinski definition) is 0. The third kappa shape index (κ3) is 1.61. The lowest BCUT2D eigenvalue weighted by Crippen LogP contribution is -2.16. The standard InChI is InChI=1S/C12H10N4O/c1-9-7-13-16(8-9)11-6-12(17)15-5-3-2-4-10(15)14-11/h2-8H,1H3. The molecule has 0 saturated carbocycles. The highest BCUT2D eigenvalue weighted by Gasteiger charge is 2.04. The van der Waals surface area contributed by atoms with Gasteiger partial charge in [-0.3, -0.25) is 9.20 Å². The first-order valence-electron chi connectivity index (χ1n) is 5.24. The van der Waals surface area contributed by atoms with E-state index in [0.29, 0.717) is 11.5 Å². The molecule has 0 aliphatic heterocycles. The van der Waals surface area contributed by atoms with E-state index < -0.39 is 0 Å². The number of rotatable bonds is 1. The van der Waals surface area contributed by atoms with Crippen molar-refractivity contribution in [2.24, 2.45) is 0 Å². The highest BCUT2D eigenvalue weighted by molar-refractivity contribution is 5.41. The first-order valence-corrected chi connectivity index (χ1v) is 5.24. The van der Waals surface area contributed by atoms with E-state index in [4.69, 9.17) is 0 Å². The molecule has 3 aromatic heterocycles. The van der Waals surface area contributed by atoms with Gasteiger partial charge >= 0.3 is 0 Å². The Hall–Kier alpha value is -2.43. The van der Waals surface area contributed by atoms with Gasteiger partial charge in [-0.05, 0) is 24.6 Å². The molecule has 0 aliphatic carbocycles. The number of aryl methyl sites for hydroxylation is 1. The van der Waals surface area contributed by atoms with Crippen LogP contribution in [0.4, 0.5) is 0 Å². The Morgan fingerprint density at radius 3 is 2.94 bits per heavy atom. The van der Waals surface area contributed by atoms with Crippen molar-refractivity contribution in [1.29, 1.82) is 0 Å². The smallest absolute Gasteiger partial charge is 0.260 e. The molecule has 0 radical (unpaired) electrons. The summed E-state index contributed by atoms with van der Waals surface area (Å²) in [4.78, 5) is 16.2. The topological polar surface area (TPSA) is 52.2 Å².